The smallest absolute Gasteiger partial charge is 0.197 e. The Morgan fingerprint density at radius 1 is 1.38 bits per heavy atom. The Hall–Kier alpha value is -0.0626. The van der Waals surface area contributed by atoms with Crippen molar-refractivity contribution in [3.8, 4) is 0 Å². The van der Waals surface area contributed by atoms with Crippen molar-refractivity contribution in [2.24, 2.45) is 0 Å². The average molecular weight is 107 g/mol. The normalized spacial score (nSPS) is 7.25. The van der Waals surface area contributed by atoms with E-state index < -0.39 is 0 Å². The molecule has 0 aliphatic rings. The molecule has 2 nitrogen and oxygen atoms in total. The van der Waals surface area contributed by atoms with Crippen LogP contribution in [0.1, 0.15) is 20.3 Å². The molecule has 0 rings (SSSR count). The van der Waals surface area contributed by atoms with E-state index >= 15 is 0 Å². The molecule has 0 unspecified atom stereocenters. The number of ketones is 2. The fraction of sp³-hybridized carbons (Fsp3) is 0.600. The molecule has 0 spiro atoms. The monoisotopic (exact) mass is 107 g/mol. The second kappa shape index (κ2) is 5.08. The van der Waals surface area contributed by atoms with Gasteiger partial charge in [0.05, 0.1) is 0 Å². The van der Waals surface area contributed by atoms with Crippen LogP contribution in [0.2, 0.25) is 0 Å². The first-order chi connectivity index (χ1) is 3.18. The standard InChI is InChI=1S/C5H8O2.Li/c1-3-5(7)4(2)6;/h3H2,1-2H3;. The number of carbonyl (C=O) groups is 2. The van der Waals surface area contributed by atoms with E-state index in [1.807, 2.05) is 0 Å². The summed E-state index contributed by atoms with van der Waals surface area (Å²) < 4.78 is 0. The van der Waals surface area contributed by atoms with Crippen LogP contribution in [-0.2, 0) is 9.59 Å². The summed E-state index contributed by atoms with van der Waals surface area (Å²) in [5.74, 6) is -0.637. The zero-order valence-electron chi connectivity index (χ0n) is 5.52. The van der Waals surface area contributed by atoms with Crippen molar-refractivity contribution in [1.82, 2.24) is 0 Å². The van der Waals surface area contributed by atoms with Gasteiger partial charge in [0.2, 0.25) is 0 Å². The molecule has 8 heavy (non-hydrogen) atoms. The average Bonchev–Trinajstić information content (AvgIpc) is 1.65. The molecule has 3 heteroatoms. The van der Waals surface area contributed by atoms with E-state index in [9.17, 15) is 9.59 Å². The van der Waals surface area contributed by atoms with Crippen LogP contribution < -0.4 is 0 Å². The third-order valence-corrected chi connectivity index (χ3v) is 0.714. The van der Waals surface area contributed by atoms with Gasteiger partial charge in [0.1, 0.15) is 0 Å². The second-order valence-corrected chi connectivity index (χ2v) is 1.33. The molecule has 0 heterocycles. The van der Waals surface area contributed by atoms with Crippen LogP contribution >= 0.6 is 0 Å². The topological polar surface area (TPSA) is 34.1 Å². The third kappa shape index (κ3) is 4.11. The van der Waals surface area contributed by atoms with Crippen molar-refractivity contribution in [1.29, 1.82) is 0 Å². The van der Waals surface area contributed by atoms with Gasteiger partial charge < -0.3 is 0 Å². The van der Waals surface area contributed by atoms with Gasteiger partial charge in [0, 0.05) is 32.2 Å². The summed E-state index contributed by atoms with van der Waals surface area (Å²) in [6.45, 7) is 2.95. The summed E-state index contributed by atoms with van der Waals surface area (Å²) in [6.07, 6.45) is 0.329. The first-order valence-electron chi connectivity index (χ1n) is 2.22. The summed E-state index contributed by atoms with van der Waals surface area (Å²) in [5, 5.41) is 0. The van der Waals surface area contributed by atoms with Gasteiger partial charge in [0.15, 0.2) is 11.6 Å². The van der Waals surface area contributed by atoms with E-state index in [1.54, 1.807) is 6.92 Å². The van der Waals surface area contributed by atoms with Crippen molar-refractivity contribution < 1.29 is 9.59 Å². The zero-order chi connectivity index (χ0) is 5.86. The van der Waals surface area contributed by atoms with Crippen LogP contribution in [0, 0.1) is 0 Å². The minimum atomic E-state index is -0.345. The summed E-state index contributed by atoms with van der Waals surface area (Å²) >= 11 is 0. The number of carbonyl (C=O) groups excluding carboxylic acids is 2. The van der Waals surface area contributed by atoms with Crippen molar-refractivity contribution in [3.63, 3.8) is 0 Å². The number of hydrogen-bond acceptors (Lipinski definition) is 2. The van der Waals surface area contributed by atoms with Crippen molar-refractivity contribution in [3.05, 3.63) is 0 Å². The number of rotatable bonds is 2. The molecule has 0 aromatic heterocycles. The molecule has 0 amide bonds. The molecule has 0 aromatic carbocycles. The van der Waals surface area contributed by atoms with E-state index in [1.165, 1.54) is 6.92 Å². The minimum Gasteiger partial charge on any atom is -0.291 e. The van der Waals surface area contributed by atoms with Gasteiger partial charge >= 0.3 is 0 Å². The first-order valence-corrected chi connectivity index (χ1v) is 2.22. The Bertz CT molecular complexity index is 98.6. The van der Waals surface area contributed by atoms with Gasteiger partial charge in [-0.25, -0.2) is 0 Å². The van der Waals surface area contributed by atoms with Crippen LogP contribution in [0.5, 0.6) is 0 Å². The summed E-state index contributed by atoms with van der Waals surface area (Å²) in [4.78, 5) is 20.2. The van der Waals surface area contributed by atoms with Gasteiger partial charge in [-0.1, -0.05) is 6.92 Å². The van der Waals surface area contributed by atoms with Crippen molar-refractivity contribution >= 4 is 30.4 Å². The van der Waals surface area contributed by atoms with Gasteiger partial charge in [-0.3, -0.25) is 9.59 Å². The number of Topliss-reactive ketones (excluding diaryl/α,β-unsaturated/α-hetero) is 2. The summed E-state index contributed by atoms with van der Waals surface area (Å²) in [7, 11) is 0. The second-order valence-electron chi connectivity index (χ2n) is 1.33. The Morgan fingerprint density at radius 2 is 1.75 bits per heavy atom. The van der Waals surface area contributed by atoms with Gasteiger partial charge in [-0.15, -0.1) is 0 Å². The summed E-state index contributed by atoms with van der Waals surface area (Å²) in [6, 6.07) is 0. The summed E-state index contributed by atoms with van der Waals surface area (Å²) in [5.41, 5.74) is 0. The van der Waals surface area contributed by atoms with Gasteiger partial charge in [0.25, 0.3) is 0 Å². The fourth-order valence-corrected chi connectivity index (χ4v) is 0.249. The molecule has 0 saturated carbocycles. The minimum absolute atomic E-state index is 0. The van der Waals surface area contributed by atoms with Gasteiger partial charge in [-0.2, -0.15) is 0 Å². The van der Waals surface area contributed by atoms with Gasteiger partial charge in [-0.05, 0) is 0 Å². The molecule has 41 valence electrons. The Morgan fingerprint density at radius 3 is 1.75 bits per heavy atom. The third-order valence-electron chi connectivity index (χ3n) is 0.714. The van der Waals surface area contributed by atoms with Crippen LogP contribution in [0.4, 0.5) is 0 Å². The maximum absolute atomic E-state index is 10.2. The molecule has 0 aliphatic heterocycles. The maximum Gasteiger partial charge on any atom is 0.197 e. The van der Waals surface area contributed by atoms with Crippen LogP contribution in [0.3, 0.4) is 0 Å². The van der Waals surface area contributed by atoms with Crippen LogP contribution in [0.25, 0.3) is 0 Å². The SMILES string of the molecule is CCC(=O)C(C)=O.[Li]. The predicted molar refractivity (Wildman–Crippen MR) is 31.7 cm³/mol. The molecule has 0 fully saturated rings. The largest absolute Gasteiger partial charge is 0.291 e. The molecule has 0 bridgehead atoms. The zero-order valence-corrected chi connectivity index (χ0v) is 5.52. The Kier molecular flexibility index (Phi) is 6.88. The van der Waals surface area contributed by atoms with E-state index in [2.05, 4.69) is 0 Å². The van der Waals surface area contributed by atoms with Crippen LogP contribution in [-0.4, -0.2) is 30.4 Å². The van der Waals surface area contributed by atoms with E-state index in [0.29, 0.717) is 6.42 Å². The van der Waals surface area contributed by atoms with Crippen LogP contribution in [0.15, 0.2) is 0 Å². The van der Waals surface area contributed by atoms with E-state index in [-0.39, 0.29) is 30.4 Å². The molecule has 0 aromatic rings. The molecule has 0 N–H and O–H groups in total. The van der Waals surface area contributed by atoms with Crippen molar-refractivity contribution in [2.75, 3.05) is 0 Å². The fourth-order valence-electron chi connectivity index (χ4n) is 0.249. The molecule has 0 saturated heterocycles. The Labute approximate surface area is 60.8 Å². The molecule has 1 radical (unpaired) electrons. The van der Waals surface area contributed by atoms with Crippen molar-refractivity contribution in [2.45, 2.75) is 20.3 Å². The molecule has 0 atom stereocenters. The first kappa shape index (κ1) is 10.8. The maximum atomic E-state index is 10.2. The number of hydrogen-bond donors (Lipinski definition) is 0. The van der Waals surface area contributed by atoms with E-state index in [0.717, 1.165) is 0 Å². The Balaban J connectivity index is 0. The molecule has 0 aliphatic carbocycles. The quantitative estimate of drug-likeness (QED) is 0.372. The predicted octanol–water partition coefficient (Wildman–Crippen LogP) is 0.174. The van der Waals surface area contributed by atoms with E-state index in [4.69, 9.17) is 0 Å². The molecular formula is C5H8LiO2. The molecular weight excluding hydrogens is 99.0 g/mol.